The maximum absolute atomic E-state index is 11.0. The van der Waals surface area contributed by atoms with Crippen molar-refractivity contribution in [3.8, 4) is 0 Å². The Kier molecular flexibility index (Phi) is 18.4. The van der Waals surface area contributed by atoms with Crippen molar-refractivity contribution < 1.29 is 38.1 Å². The molecule has 0 saturated carbocycles. The van der Waals surface area contributed by atoms with Gasteiger partial charge in [0.1, 0.15) is 0 Å². The zero-order valence-electron chi connectivity index (χ0n) is 15.8. The van der Waals surface area contributed by atoms with Gasteiger partial charge in [0.05, 0.1) is 27.4 Å². The van der Waals surface area contributed by atoms with Crippen molar-refractivity contribution >= 4 is 23.9 Å². The van der Waals surface area contributed by atoms with Crippen molar-refractivity contribution in [1.82, 2.24) is 0 Å². The van der Waals surface area contributed by atoms with Gasteiger partial charge in [-0.05, 0) is 12.8 Å². The minimum absolute atomic E-state index is 0.393. The van der Waals surface area contributed by atoms with E-state index in [2.05, 4.69) is 9.47 Å². The Bertz CT molecular complexity index is 438. The van der Waals surface area contributed by atoms with Crippen LogP contribution < -0.4 is 0 Å². The fourth-order valence-electron chi connectivity index (χ4n) is 1.14. The van der Waals surface area contributed by atoms with Crippen molar-refractivity contribution in [3.63, 3.8) is 0 Å². The summed E-state index contributed by atoms with van der Waals surface area (Å²) >= 11 is 0. The van der Waals surface area contributed by atoms with E-state index in [4.69, 9.17) is 9.47 Å². The van der Waals surface area contributed by atoms with Crippen LogP contribution in [0.25, 0.3) is 0 Å². The highest BCUT2D eigenvalue weighted by molar-refractivity contribution is 5.92. The molecule has 0 aromatic rings. The van der Waals surface area contributed by atoms with Gasteiger partial charge < -0.3 is 18.9 Å². The molecule has 0 atom stereocenters. The standard InChI is InChI=1S/C12H20O4.C6H8O4/c1-3-5-9-15-11(13)7-8-12(14)16-10-6-4-2;1-9-5(7)3-4-6(8)10-2/h7-8H,3-6,9-10H2,1-2H3;3-4H,1-2H3/b8-7+;4-3+. The third-order valence-corrected chi connectivity index (χ3v) is 2.60. The Morgan fingerprint density at radius 1 is 0.615 bits per heavy atom. The van der Waals surface area contributed by atoms with Crippen molar-refractivity contribution in [2.45, 2.75) is 39.5 Å². The summed E-state index contributed by atoms with van der Waals surface area (Å²) in [4.78, 5) is 42.7. The summed E-state index contributed by atoms with van der Waals surface area (Å²) in [6, 6.07) is 0. The normalized spacial score (nSPS) is 10.0. The highest BCUT2D eigenvalue weighted by Gasteiger charge is 2.00. The van der Waals surface area contributed by atoms with Gasteiger partial charge in [0.25, 0.3) is 0 Å². The molecule has 26 heavy (non-hydrogen) atoms. The van der Waals surface area contributed by atoms with Crippen LogP contribution in [0, 0.1) is 0 Å². The summed E-state index contributed by atoms with van der Waals surface area (Å²) in [5.41, 5.74) is 0. The molecule has 8 heteroatoms. The molecule has 0 radical (unpaired) electrons. The maximum atomic E-state index is 11.0. The molecule has 0 amide bonds. The van der Waals surface area contributed by atoms with Crippen molar-refractivity contribution in [3.05, 3.63) is 24.3 Å². The largest absolute Gasteiger partial charge is 0.466 e. The zero-order valence-corrected chi connectivity index (χ0v) is 15.8. The molecule has 0 rings (SSSR count). The van der Waals surface area contributed by atoms with Gasteiger partial charge in [-0.1, -0.05) is 26.7 Å². The smallest absolute Gasteiger partial charge is 0.331 e. The molecule has 0 aromatic heterocycles. The van der Waals surface area contributed by atoms with Crippen LogP contribution in [0.5, 0.6) is 0 Å². The van der Waals surface area contributed by atoms with E-state index >= 15 is 0 Å². The van der Waals surface area contributed by atoms with E-state index in [9.17, 15) is 19.2 Å². The average Bonchev–Trinajstić information content (AvgIpc) is 2.65. The third kappa shape index (κ3) is 19.4. The molecule has 148 valence electrons. The van der Waals surface area contributed by atoms with Gasteiger partial charge >= 0.3 is 23.9 Å². The first-order valence-electron chi connectivity index (χ1n) is 8.26. The summed E-state index contributed by atoms with van der Waals surface area (Å²) in [6.07, 6.45) is 7.79. The number of carbonyl (C=O) groups is 4. The van der Waals surface area contributed by atoms with Gasteiger partial charge in [-0.25, -0.2) is 19.2 Å². The quantitative estimate of drug-likeness (QED) is 0.248. The molecule has 8 nitrogen and oxygen atoms in total. The molecule has 0 saturated heterocycles. The summed E-state index contributed by atoms with van der Waals surface area (Å²) in [5.74, 6) is -2.16. The minimum Gasteiger partial charge on any atom is -0.466 e. The number of hydrogen-bond acceptors (Lipinski definition) is 8. The number of rotatable bonds is 10. The number of methoxy groups -OCH3 is 2. The van der Waals surface area contributed by atoms with Gasteiger partial charge in [-0.15, -0.1) is 0 Å². The number of hydrogen-bond donors (Lipinski definition) is 0. The topological polar surface area (TPSA) is 105 Å². The highest BCUT2D eigenvalue weighted by atomic mass is 16.5. The Morgan fingerprint density at radius 3 is 1.19 bits per heavy atom. The highest BCUT2D eigenvalue weighted by Crippen LogP contribution is 1.92. The molecule has 0 aliphatic heterocycles. The van der Waals surface area contributed by atoms with Gasteiger partial charge in [0.2, 0.25) is 0 Å². The first-order valence-corrected chi connectivity index (χ1v) is 8.26. The van der Waals surface area contributed by atoms with Crippen LogP contribution in [0.15, 0.2) is 24.3 Å². The molecular formula is C18H28O8. The van der Waals surface area contributed by atoms with Gasteiger partial charge in [-0.2, -0.15) is 0 Å². The fourth-order valence-corrected chi connectivity index (χ4v) is 1.14. The molecular weight excluding hydrogens is 344 g/mol. The van der Waals surface area contributed by atoms with Gasteiger partial charge in [0.15, 0.2) is 0 Å². The summed E-state index contributed by atoms with van der Waals surface area (Å²) < 4.78 is 18.1. The lowest BCUT2D eigenvalue weighted by Crippen LogP contribution is -2.05. The van der Waals surface area contributed by atoms with Crippen LogP contribution in [0.4, 0.5) is 0 Å². The first kappa shape index (κ1) is 25.6. The fraction of sp³-hybridized carbons (Fsp3) is 0.556. The van der Waals surface area contributed by atoms with E-state index < -0.39 is 23.9 Å². The lowest BCUT2D eigenvalue weighted by Gasteiger charge is -2.00. The molecule has 0 spiro atoms. The summed E-state index contributed by atoms with van der Waals surface area (Å²) in [6.45, 7) is 4.80. The zero-order chi connectivity index (χ0) is 20.2. The average molecular weight is 372 g/mol. The number of unbranched alkanes of at least 4 members (excludes halogenated alkanes) is 2. The molecule has 0 heterocycles. The lowest BCUT2D eigenvalue weighted by molar-refractivity contribution is -0.140. The van der Waals surface area contributed by atoms with Crippen LogP contribution in [0.2, 0.25) is 0 Å². The van der Waals surface area contributed by atoms with Crippen LogP contribution in [0.1, 0.15) is 39.5 Å². The SMILES string of the molecule is CCCCOC(=O)/C=C/C(=O)OCCCC.COC(=O)/C=C/C(=O)OC. The monoisotopic (exact) mass is 372 g/mol. The molecule has 0 N–H and O–H groups in total. The predicted molar refractivity (Wildman–Crippen MR) is 94.0 cm³/mol. The number of carbonyl (C=O) groups excluding carboxylic acids is 4. The van der Waals surface area contributed by atoms with Crippen molar-refractivity contribution in [1.29, 1.82) is 0 Å². The van der Waals surface area contributed by atoms with Crippen LogP contribution in [-0.2, 0) is 38.1 Å². The summed E-state index contributed by atoms with van der Waals surface area (Å²) in [5, 5.41) is 0. The molecule has 0 aliphatic carbocycles. The Hall–Kier alpha value is -2.64. The Labute approximate surface area is 154 Å². The maximum Gasteiger partial charge on any atom is 0.331 e. The van der Waals surface area contributed by atoms with E-state index in [-0.39, 0.29) is 0 Å². The third-order valence-electron chi connectivity index (χ3n) is 2.60. The molecule has 0 aliphatic rings. The van der Waals surface area contributed by atoms with E-state index in [1.54, 1.807) is 0 Å². The van der Waals surface area contributed by atoms with E-state index in [1.807, 2.05) is 13.8 Å². The van der Waals surface area contributed by atoms with Crippen LogP contribution in [0.3, 0.4) is 0 Å². The molecule has 0 unspecified atom stereocenters. The van der Waals surface area contributed by atoms with Crippen LogP contribution in [-0.4, -0.2) is 51.3 Å². The predicted octanol–water partition coefficient (Wildman–Crippen LogP) is 2.12. The second kappa shape index (κ2) is 18.7. The molecule has 0 fully saturated rings. The first-order chi connectivity index (χ1) is 12.4. The second-order valence-corrected chi connectivity index (χ2v) is 4.76. The van der Waals surface area contributed by atoms with Gasteiger partial charge in [-0.3, -0.25) is 0 Å². The number of ether oxygens (including phenoxy) is 4. The Morgan fingerprint density at radius 2 is 0.923 bits per heavy atom. The molecule has 0 aromatic carbocycles. The van der Waals surface area contributed by atoms with E-state index in [1.165, 1.54) is 14.2 Å². The lowest BCUT2D eigenvalue weighted by atomic mass is 10.4. The second-order valence-electron chi connectivity index (χ2n) is 4.76. The Balaban J connectivity index is 0. The summed E-state index contributed by atoms with van der Waals surface area (Å²) in [7, 11) is 2.45. The number of esters is 4. The van der Waals surface area contributed by atoms with Crippen LogP contribution >= 0.6 is 0 Å². The van der Waals surface area contributed by atoms with Gasteiger partial charge in [0, 0.05) is 24.3 Å². The van der Waals surface area contributed by atoms with Crippen molar-refractivity contribution in [2.75, 3.05) is 27.4 Å². The van der Waals surface area contributed by atoms with E-state index in [0.717, 1.165) is 50.0 Å². The van der Waals surface area contributed by atoms with E-state index in [0.29, 0.717) is 13.2 Å². The van der Waals surface area contributed by atoms with Crippen molar-refractivity contribution in [2.24, 2.45) is 0 Å². The molecule has 0 bridgehead atoms. The minimum atomic E-state index is -0.578.